The van der Waals surface area contributed by atoms with Crippen LogP contribution < -0.4 is 29.1 Å². The van der Waals surface area contributed by atoms with Gasteiger partial charge in [0.2, 0.25) is 0 Å². The van der Waals surface area contributed by atoms with E-state index < -0.39 is 12.0 Å². The molecular weight excluding hydrogens is 564 g/mol. The third kappa shape index (κ3) is 6.57. The molecule has 0 bridgehead atoms. The number of hydrogen-bond acceptors (Lipinski definition) is 8. The Hall–Kier alpha value is -4.63. The lowest BCUT2D eigenvalue weighted by atomic mass is 9.95. The number of carbonyl (C=O) groups excluding carboxylic acids is 1. The molecule has 0 fully saturated rings. The molecule has 0 aliphatic carbocycles. The number of nitrogens with zero attached hydrogens (tertiary/aromatic N) is 2. The van der Waals surface area contributed by atoms with Crippen molar-refractivity contribution in [2.75, 3.05) is 19.8 Å². The monoisotopic (exact) mass is 598 g/mol. The van der Waals surface area contributed by atoms with E-state index in [2.05, 4.69) is 4.99 Å². The van der Waals surface area contributed by atoms with Gasteiger partial charge in [-0.3, -0.25) is 9.36 Å². The van der Waals surface area contributed by atoms with Crippen LogP contribution in [0.5, 0.6) is 17.2 Å². The largest absolute Gasteiger partial charge is 0.490 e. The van der Waals surface area contributed by atoms with Crippen molar-refractivity contribution >= 4 is 23.4 Å². The Bertz CT molecular complexity index is 1820. The van der Waals surface area contributed by atoms with Gasteiger partial charge in [-0.1, -0.05) is 59.9 Å². The molecule has 5 rings (SSSR count). The normalized spacial score (nSPS) is 14.6. The lowest BCUT2D eigenvalue weighted by molar-refractivity contribution is -0.139. The van der Waals surface area contributed by atoms with E-state index in [-0.39, 0.29) is 12.2 Å². The average Bonchev–Trinajstić information content (AvgIpc) is 3.31. The maximum atomic E-state index is 14.0. The van der Waals surface area contributed by atoms with Crippen molar-refractivity contribution in [2.45, 2.75) is 40.3 Å². The molecule has 2 heterocycles. The maximum Gasteiger partial charge on any atom is 0.338 e. The fourth-order valence-corrected chi connectivity index (χ4v) is 5.98. The van der Waals surface area contributed by atoms with Crippen molar-refractivity contribution < 1.29 is 23.7 Å². The van der Waals surface area contributed by atoms with Gasteiger partial charge in [0.05, 0.1) is 41.7 Å². The van der Waals surface area contributed by atoms with Crippen LogP contribution in [0.2, 0.25) is 0 Å². The second-order valence-electron chi connectivity index (χ2n) is 9.72. The summed E-state index contributed by atoms with van der Waals surface area (Å²) < 4.78 is 25.1. The molecule has 0 saturated heterocycles. The number of allylic oxidation sites excluding steroid dienone is 1. The van der Waals surface area contributed by atoms with Crippen molar-refractivity contribution in [3.63, 3.8) is 0 Å². The Kier molecular flexibility index (Phi) is 9.41. The molecule has 1 atom stereocenters. The molecule has 1 aromatic heterocycles. The van der Waals surface area contributed by atoms with Gasteiger partial charge in [-0.25, -0.2) is 9.79 Å². The molecule has 0 spiro atoms. The SMILES string of the molecule is CCOC(=O)C1=C(C)N=c2s/c(=C\c3cccc(OCc4ccccc4)c3)c(=O)n2[C@H]1c1ccc(OCC)c(OCC)c1. The molecule has 1 aliphatic heterocycles. The topological polar surface area (TPSA) is 88.4 Å². The standard InChI is InChI=1S/C34H34N2O6S/c1-5-39-27-17-16-25(20-28(27)40-6-2)31-30(33(38)41-7-3)22(4)35-34-36(31)32(37)29(43-34)19-24-14-11-15-26(18-24)42-21-23-12-9-8-10-13-23/h8-20,31H,5-7,21H2,1-4H3/b29-19-/t31-/m0/s1. The minimum atomic E-state index is -0.757. The number of aromatic nitrogens is 1. The molecule has 43 heavy (non-hydrogen) atoms. The Morgan fingerprint density at radius 3 is 2.42 bits per heavy atom. The number of fused-ring (bicyclic) bond motifs is 1. The number of carbonyl (C=O) groups is 1. The molecular formula is C34H34N2O6S. The van der Waals surface area contributed by atoms with Crippen LogP contribution in [0.1, 0.15) is 50.4 Å². The zero-order chi connectivity index (χ0) is 30.3. The summed E-state index contributed by atoms with van der Waals surface area (Å²) in [6, 6.07) is 22.2. The lowest BCUT2D eigenvalue weighted by Crippen LogP contribution is -2.40. The van der Waals surface area contributed by atoms with Gasteiger partial charge in [0, 0.05) is 0 Å². The van der Waals surface area contributed by atoms with Crippen molar-refractivity contribution in [1.82, 2.24) is 4.57 Å². The van der Waals surface area contributed by atoms with Crippen molar-refractivity contribution in [1.29, 1.82) is 0 Å². The highest BCUT2D eigenvalue weighted by Crippen LogP contribution is 2.36. The number of benzene rings is 3. The molecule has 9 heteroatoms. The highest BCUT2D eigenvalue weighted by atomic mass is 32.1. The number of ether oxygens (including phenoxy) is 4. The summed E-state index contributed by atoms with van der Waals surface area (Å²) in [5.41, 5.74) is 3.12. The van der Waals surface area contributed by atoms with Crippen LogP contribution in [0.15, 0.2) is 93.9 Å². The second kappa shape index (κ2) is 13.6. The molecule has 8 nitrogen and oxygen atoms in total. The maximum absolute atomic E-state index is 14.0. The van der Waals surface area contributed by atoms with Gasteiger partial charge < -0.3 is 18.9 Å². The molecule has 0 amide bonds. The molecule has 1 aliphatic rings. The minimum absolute atomic E-state index is 0.197. The summed E-state index contributed by atoms with van der Waals surface area (Å²) in [7, 11) is 0. The summed E-state index contributed by atoms with van der Waals surface area (Å²) in [4.78, 5) is 32.5. The number of thiazole rings is 1. The Balaban J connectivity index is 1.58. The molecule has 222 valence electrons. The predicted molar refractivity (Wildman–Crippen MR) is 166 cm³/mol. The van der Waals surface area contributed by atoms with E-state index in [9.17, 15) is 9.59 Å². The zero-order valence-corrected chi connectivity index (χ0v) is 25.5. The van der Waals surface area contributed by atoms with E-state index in [1.54, 1.807) is 24.5 Å². The van der Waals surface area contributed by atoms with Crippen LogP contribution >= 0.6 is 11.3 Å². The van der Waals surface area contributed by atoms with Crippen molar-refractivity contribution in [3.05, 3.63) is 120 Å². The Morgan fingerprint density at radius 2 is 1.67 bits per heavy atom. The fraction of sp³-hybridized carbons (Fsp3) is 0.265. The first kappa shape index (κ1) is 29.8. The van der Waals surface area contributed by atoms with E-state index in [0.29, 0.717) is 63.2 Å². The van der Waals surface area contributed by atoms with E-state index in [1.165, 1.54) is 11.3 Å². The van der Waals surface area contributed by atoms with E-state index in [1.807, 2.05) is 86.7 Å². The number of rotatable bonds is 11. The van der Waals surface area contributed by atoms with Crippen molar-refractivity contribution in [2.24, 2.45) is 4.99 Å². The average molecular weight is 599 g/mol. The second-order valence-corrected chi connectivity index (χ2v) is 10.7. The zero-order valence-electron chi connectivity index (χ0n) is 24.7. The van der Waals surface area contributed by atoms with Gasteiger partial charge in [-0.05, 0) is 74.7 Å². The van der Waals surface area contributed by atoms with Gasteiger partial charge in [0.1, 0.15) is 12.4 Å². The van der Waals surface area contributed by atoms with Gasteiger partial charge in [0.15, 0.2) is 16.3 Å². The number of esters is 1. The van der Waals surface area contributed by atoms with Gasteiger partial charge in [-0.2, -0.15) is 0 Å². The Labute approximate surface area is 254 Å². The minimum Gasteiger partial charge on any atom is -0.490 e. The molecule has 0 radical (unpaired) electrons. The first-order valence-corrected chi connectivity index (χ1v) is 15.1. The van der Waals surface area contributed by atoms with Crippen LogP contribution in [0.3, 0.4) is 0 Å². The summed E-state index contributed by atoms with van der Waals surface area (Å²) in [5.74, 6) is 1.31. The van der Waals surface area contributed by atoms with Crippen LogP contribution in [-0.4, -0.2) is 30.4 Å². The lowest BCUT2D eigenvalue weighted by Gasteiger charge is -2.25. The molecule has 0 unspecified atom stereocenters. The summed E-state index contributed by atoms with van der Waals surface area (Å²) in [5, 5.41) is 0. The van der Waals surface area contributed by atoms with E-state index in [0.717, 1.165) is 11.1 Å². The first-order valence-electron chi connectivity index (χ1n) is 14.3. The van der Waals surface area contributed by atoms with Crippen LogP contribution in [0, 0.1) is 0 Å². The quantitative estimate of drug-likeness (QED) is 0.221. The van der Waals surface area contributed by atoms with Gasteiger partial charge >= 0.3 is 5.97 Å². The summed E-state index contributed by atoms with van der Waals surface area (Å²) >= 11 is 1.27. The third-order valence-corrected chi connectivity index (χ3v) is 7.79. The van der Waals surface area contributed by atoms with Crippen LogP contribution in [0.25, 0.3) is 6.08 Å². The Morgan fingerprint density at radius 1 is 0.907 bits per heavy atom. The smallest absolute Gasteiger partial charge is 0.338 e. The van der Waals surface area contributed by atoms with Gasteiger partial charge in [0.25, 0.3) is 5.56 Å². The fourth-order valence-electron chi connectivity index (χ4n) is 4.93. The molecule has 3 aromatic carbocycles. The highest BCUT2D eigenvalue weighted by Gasteiger charge is 2.34. The molecule has 0 saturated carbocycles. The first-order chi connectivity index (χ1) is 20.9. The molecule has 4 aromatic rings. The van der Waals surface area contributed by atoms with Crippen LogP contribution in [-0.2, 0) is 16.1 Å². The molecule has 0 N–H and O–H groups in total. The summed E-state index contributed by atoms with van der Waals surface area (Å²) in [6.07, 6.45) is 1.82. The van der Waals surface area contributed by atoms with Crippen molar-refractivity contribution in [3.8, 4) is 17.2 Å². The predicted octanol–water partition coefficient (Wildman–Crippen LogP) is 5.17. The summed E-state index contributed by atoms with van der Waals surface area (Å²) in [6.45, 7) is 8.85. The van der Waals surface area contributed by atoms with Crippen LogP contribution in [0.4, 0.5) is 0 Å². The highest BCUT2D eigenvalue weighted by molar-refractivity contribution is 7.07. The number of hydrogen-bond donors (Lipinski definition) is 0. The van der Waals surface area contributed by atoms with E-state index >= 15 is 0 Å². The van der Waals surface area contributed by atoms with Gasteiger partial charge in [-0.15, -0.1) is 0 Å². The third-order valence-electron chi connectivity index (χ3n) is 6.80. The van der Waals surface area contributed by atoms with E-state index in [4.69, 9.17) is 18.9 Å².